The number of halogens is 2. The van der Waals surface area contributed by atoms with Crippen LogP contribution in [0.2, 0.25) is 0 Å². The average Bonchev–Trinajstić information content (AvgIpc) is 2.84. The van der Waals surface area contributed by atoms with Crippen molar-refractivity contribution in [1.29, 1.82) is 0 Å². The maximum Gasteiger partial charge on any atom is 0.268 e. The van der Waals surface area contributed by atoms with Gasteiger partial charge in [-0.3, -0.25) is 0 Å². The molecule has 2 heterocycles. The van der Waals surface area contributed by atoms with E-state index in [1.165, 1.54) is 0 Å². The van der Waals surface area contributed by atoms with E-state index in [2.05, 4.69) is 61.2 Å². The molecule has 92 valence electrons. The molecule has 0 amide bonds. The van der Waals surface area contributed by atoms with E-state index in [9.17, 15) is 0 Å². The summed E-state index contributed by atoms with van der Waals surface area (Å²) in [5.74, 6) is 1.23. The maximum atomic E-state index is 5.22. The van der Waals surface area contributed by atoms with Crippen LogP contribution in [-0.2, 0) is 6.54 Å². The van der Waals surface area contributed by atoms with Crippen molar-refractivity contribution in [3.63, 3.8) is 0 Å². The summed E-state index contributed by atoms with van der Waals surface area (Å²) in [5.41, 5.74) is 0. The fourth-order valence-corrected chi connectivity index (χ4v) is 3.13. The van der Waals surface area contributed by atoms with Crippen molar-refractivity contribution in [3.05, 3.63) is 20.1 Å². The summed E-state index contributed by atoms with van der Waals surface area (Å²) in [6, 6.07) is 2.36. The summed E-state index contributed by atoms with van der Waals surface area (Å²) < 4.78 is 7.24. The molecule has 7 heteroatoms. The smallest absolute Gasteiger partial charge is 0.268 e. The van der Waals surface area contributed by atoms with Crippen molar-refractivity contribution in [1.82, 2.24) is 15.5 Å². The topological polar surface area (TPSA) is 51.0 Å². The number of hydrogen-bond donors (Lipinski definition) is 1. The van der Waals surface area contributed by atoms with Crippen LogP contribution in [0.1, 0.15) is 19.7 Å². The quantitative estimate of drug-likeness (QED) is 0.875. The number of nitrogens with one attached hydrogen (secondary N) is 1. The van der Waals surface area contributed by atoms with Gasteiger partial charge in [0.1, 0.15) is 0 Å². The Morgan fingerprint density at radius 2 is 2.24 bits per heavy atom. The van der Waals surface area contributed by atoms with Gasteiger partial charge in [-0.05, 0) is 37.9 Å². The predicted molar refractivity (Wildman–Crippen MR) is 75.0 cm³/mol. The highest BCUT2D eigenvalue weighted by atomic mass is 79.9. The van der Waals surface area contributed by atoms with E-state index in [1.54, 1.807) is 11.3 Å². The molecule has 0 aliphatic carbocycles. The Balaban J connectivity index is 2.12. The summed E-state index contributed by atoms with van der Waals surface area (Å²) in [7, 11) is 0. The molecule has 4 nitrogen and oxygen atoms in total. The summed E-state index contributed by atoms with van der Waals surface area (Å²) in [5, 5.41) is 7.17. The van der Waals surface area contributed by atoms with Crippen LogP contribution < -0.4 is 5.32 Å². The highest BCUT2D eigenvalue weighted by Crippen LogP contribution is 2.37. The third-order valence-electron chi connectivity index (χ3n) is 1.99. The largest absolute Gasteiger partial charge is 0.333 e. The van der Waals surface area contributed by atoms with Crippen LogP contribution >= 0.6 is 43.2 Å². The lowest BCUT2D eigenvalue weighted by atomic mass is 10.4. The third-order valence-corrected chi connectivity index (χ3v) is 5.24. The first kappa shape index (κ1) is 13.2. The van der Waals surface area contributed by atoms with E-state index >= 15 is 0 Å². The van der Waals surface area contributed by atoms with Crippen LogP contribution in [0.25, 0.3) is 10.8 Å². The van der Waals surface area contributed by atoms with E-state index in [0.717, 1.165) is 13.1 Å². The Kier molecular flexibility index (Phi) is 4.35. The second-order valence-electron chi connectivity index (χ2n) is 3.78. The zero-order valence-corrected chi connectivity index (χ0v) is 13.3. The van der Waals surface area contributed by atoms with Crippen molar-refractivity contribution in [2.75, 3.05) is 0 Å². The molecule has 0 aliphatic rings. The lowest BCUT2D eigenvalue weighted by Crippen LogP contribution is -2.22. The summed E-state index contributed by atoms with van der Waals surface area (Å²) in [4.78, 5) is 5.29. The minimum Gasteiger partial charge on any atom is -0.333 e. The Hall–Kier alpha value is -0.240. The van der Waals surface area contributed by atoms with Gasteiger partial charge in [-0.1, -0.05) is 19.0 Å². The monoisotopic (exact) mass is 379 g/mol. The second kappa shape index (κ2) is 5.60. The van der Waals surface area contributed by atoms with Gasteiger partial charge in [0.05, 0.1) is 15.2 Å². The van der Waals surface area contributed by atoms with E-state index in [0.29, 0.717) is 24.3 Å². The molecule has 0 aliphatic heterocycles. The van der Waals surface area contributed by atoms with E-state index in [4.69, 9.17) is 4.52 Å². The molecule has 17 heavy (non-hydrogen) atoms. The van der Waals surface area contributed by atoms with Crippen molar-refractivity contribution in [3.8, 4) is 10.8 Å². The van der Waals surface area contributed by atoms with Gasteiger partial charge in [0.2, 0.25) is 0 Å². The molecular formula is C10H11Br2N3OS. The molecule has 2 aromatic rings. The van der Waals surface area contributed by atoms with Gasteiger partial charge in [0, 0.05) is 10.5 Å². The number of aromatic nitrogens is 2. The predicted octanol–water partition coefficient (Wildman–Crippen LogP) is 3.82. The van der Waals surface area contributed by atoms with Gasteiger partial charge in [0.25, 0.3) is 5.89 Å². The number of hydrogen-bond acceptors (Lipinski definition) is 5. The van der Waals surface area contributed by atoms with Gasteiger partial charge in [-0.15, -0.1) is 11.3 Å². The molecule has 0 radical (unpaired) electrons. The molecule has 0 unspecified atom stereocenters. The van der Waals surface area contributed by atoms with Gasteiger partial charge < -0.3 is 9.84 Å². The molecule has 0 bridgehead atoms. The van der Waals surface area contributed by atoms with Crippen LogP contribution in [0, 0.1) is 0 Å². The van der Waals surface area contributed by atoms with Gasteiger partial charge in [-0.2, -0.15) is 4.98 Å². The Morgan fingerprint density at radius 3 is 2.82 bits per heavy atom. The van der Waals surface area contributed by atoms with E-state index < -0.39 is 0 Å². The molecule has 2 rings (SSSR count). The number of thiophene rings is 1. The van der Waals surface area contributed by atoms with Gasteiger partial charge >= 0.3 is 0 Å². The van der Waals surface area contributed by atoms with Gasteiger partial charge in [0.15, 0.2) is 5.82 Å². The minimum atomic E-state index is 0.405. The molecule has 0 fully saturated rings. The molecule has 0 aromatic carbocycles. The average molecular weight is 381 g/mol. The molecule has 0 saturated carbocycles. The van der Waals surface area contributed by atoms with Crippen LogP contribution in [-0.4, -0.2) is 16.2 Å². The lowest BCUT2D eigenvalue weighted by Gasteiger charge is -2.02. The fourth-order valence-electron chi connectivity index (χ4n) is 1.17. The Bertz CT molecular complexity index is 490. The van der Waals surface area contributed by atoms with Crippen molar-refractivity contribution in [2.45, 2.75) is 26.4 Å². The Labute approximate surface area is 120 Å². The maximum absolute atomic E-state index is 5.22. The molecule has 1 N–H and O–H groups in total. The van der Waals surface area contributed by atoms with Crippen LogP contribution in [0.5, 0.6) is 0 Å². The number of nitrogens with zero attached hydrogens (tertiary/aromatic N) is 2. The normalized spacial score (nSPS) is 11.4. The highest BCUT2D eigenvalue weighted by molar-refractivity contribution is 9.13. The third kappa shape index (κ3) is 3.37. The van der Waals surface area contributed by atoms with Crippen molar-refractivity contribution >= 4 is 43.2 Å². The van der Waals surface area contributed by atoms with E-state index in [1.807, 2.05) is 6.07 Å². The first-order valence-corrected chi connectivity index (χ1v) is 7.47. The van der Waals surface area contributed by atoms with Crippen molar-refractivity contribution in [2.24, 2.45) is 0 Å². The standard InChI is InChI=1S/C10H11Br2N3OS/c1-5(2)13-4-8-14-10(16-15-8)7-3-6(11)9(12)17-7/h3,5,13H,4H2,1-2H3. The van der Waals surface area contributed by atoms with E-state index in [-0.39, 0.29) is 0 Å². The van der Waals surface area contributed by atoms with Crippen LogP contribution in [0.3, 0.4) is 0 Å². The van der Waals surface area contributed by atoms with Crippen LogP contribution in [0.4, 0.5) is 0 Å². The molecular weight excluding hydrogens is 370 g/mol. The molecule has 2 aromatic heterocycles. The summed E-state index contributed by atoms with van der Waals surface area (Å²) in [6.07, 6.45) is 0. The number of rotatable bonds is 4. The molecule has 0 saturated heterocycles. The van der Waals surface area contributed by atoms with Gasteiger partial charge in [-0.25, -0.2) is 0 Å². The van der Waals surface area contributed by atoms with Crippen molar-refractivity contribution < 1.29 is 4.52 Å². The molecule has 0 atom stereocenters. The second-order valence-corrected chi connectivity index (χ2v) is 7.01. The lowest BCUT2D eigenvalue weighted by molar-refractivity contribution is 0.418. The molecule has 0 spiro atoms. The Morgan fingerprint density at radius 1 is 1.47 bits per heavy atom. The summed E-state index contributed by atoms with van der Waals surface area (Å²) >= 11 is 8.43. The minimum absolute atomic E-state index is 0.405. The first-order chi connectivity index (χ1) is 8.06. The highest BCUT2D eigenvalue weighted by Gasteiger charge is 2.13. The summed E-state index contributed by atoms with van der Waals surface area (Å²) in [6.45, 7) is 4.78. The van der Waals surface area contributed by atoms with Crippen LogP contribution in [0.15, 0.2) is 18.8 Å². The zero-order valence-electron chi connectivity index (χ0n) is 9.33. The fraction of sp³-hybridized carbons (Fsp3) is 0.400. The SMILES string of the molecule is CC(C)NCc1noc(-c2cc(Br)c(Br)s2)n1. The zero-order chi connectivity index (χ0) is 12.4. The first-order valence-electron chi connectivity index (χ1n) is 5.07.